The van der Waals surface area contributed by atoms with Crippen molar-refractivity contribution in [2.45, 2.75) is 0 Å². The molecule has 0 amide bonds. The lowest BCUT2D eigenvalue weighted by Gasteiger charge is -2.27. The number of benzene rings is 11. The summed E-state index contributed by atoms with van der Waals surface area (Å²) in [6.45, 7) is 0. The minimum atomic E-state index is -0.276. The summed E-state index contributed by atoms with van der Waals surface area (Å²) in [6, 6.07) is 77.5. The molecule has 0 N–H and O–H groups in total. The molecule has 14 rings (SSSR count). The van der Waals surface area contributed by atoms with Gasteiger partial charge in [-0.1, -0.05) is 152 Å². The molecule has 3 aromatic heterocycles. The van der Waals surface area contributed by atoms with E-state index in [1.807, 2.05) is 18.2 Å². The van der Waals surface area contributed by atoms with Crippen LogP contribution in [0.2, 0.25) is 0 Å². The molecule has 0 aliphatic heterocycles. The van der Waals surface area contributed by atoms with Crippen molar-refractivity contribution in [1.82, 2.24) is 4.57 Å². The highest BCUT2D eigenvalue weighted by atomic mass is 19.1. The van der Waals surface area contributed by atoms with Crippen LogP contribution in [0.5, 0.6) is 0 Å². The SMILES string of the molecule is Fc1cccc(-c2ccc3c(c2)oc2c(N(c4cc5ccccc5c5ccccc45)c4cccc5c4oc4cccc(-c6cccc7c6c6ccccc6n7-c6ccccc6)c45)cccc23)c1. The van der Waals surface area contributed by atoms with Gasteiger partial charge in [0.25, 0.3) is 0 Å². The van der Waals surface area contributed by atoms with Crippen molar-refractivity contribution in [2.75, 3.05) is 4.90 Å². The number of hydrogen-bond donors (Lipinski definition) is 0. The Morgan fingerprint density at radius 2 is 0.970 bits per heavy atom. The first-order chi connectivity index (χ1) is 33.2. The standard InChI is InChI=1S/C62H37FN2O2/c63-41-17-10-16-38(35-41)39-33-34-46-49-26-12-30-54(61(49)67-58(46)37-39)65(56-36-40-15-4-5-20-43(40)44-21-6-7-22-45(44)56)55-31-13-27-51-60-48(25-14-32-57(60)66-62(51)55)47-24-11-29-53-59(47)50-23-8-9-28-52(50)64(53)42-18-2-1-3-19-42/h1-37H. The highest BCUT2D eigenvalue weighted by Gasteiger charge is 2.27. The van der Waals surface area contributed by atoms with Gasteiger partial charge in [0.15, 0.2) is 11.2 Å². The normalized spacial score (nSPS) is 12.0. The number of halogens is 1. The molecule has 0 bridgehead atoms. The molecular weight excluding hydrogens is 824 g/mol. The Bertz CT molecular complexity index is 4310. The van der Waals surface area contributed by atoms with Crippen LogP contribution in [0.4, 0.5) is 21.5 Å². The fourth-order valence-electron chi connectivity index (χ4n) is 10.7. The third kappa shape index (κ3) is 5.65. The van der Waals surface area contributed by atoms with Gasteiger partial charge in [-0.25, -0.2) is 4.39 Å². The molecule has 0 fully saturated rings. The fraction of sp³-hybridized carbons (Fsp3) is 0. The van der Waals surface area contributed by atoms with E-state index in [1.165, 1.54) is 22.2 Å². The molecule has 0 atom stereocenters. The Kier molecular flexibility index (Phi) is 8.13. The molecule has 0 spiro atoms. The maximum absolute atomic E-state index is 14.4. The Morgan fingerprint density at radius 1 is 0.358 bits per heavy atom. The van der Waals surface area contributed by atoms with E-state index < -0.39 is 0 Å². The van der Waals surface area contributed by atoms with Crippen molar-refractivity contribution in [3.05, 3.63) is 230 Å². The van der Waals surface area contributed by atoms with E-state index in [1.54, 1.807) is 12.1 Å². The zero-order chi connectivity index (χ0) is 44.2. The molecule has 11 aromatic carbocycles. The van der Waals surface area contributed by atoms with E-state index in [9.17, 15) is 4.39 Å². The van der Waals surface area contributed by atoms with Crippen LogP contribution in [0.25, 0.3) is 115 Å². The summed E-state index contributed by atoms with van der Waals surface area (Å²) in [6.07, 6.45) is 0. The predicted octanol–water partition coefficient (Wildman–Crippen LogP) is 17.8. The van der Waals surface area contributed by atoms with Crippen LogP contribution in [0.3, 0.4) is 0 Å². The third-order valence-electron chi connectivity index (χ3n) is 13.6. The molecule has 67 heavy (non-hydrogen) atoms. The number of fused-ring (bicyclic) bond motifs is 12. The number of aromatic nitrogens is 1. The van der Waals surface area contributed by atoms with Gasteiger partial charge in [-0.3, -0.25) is 0 Å². The minimum Gasteiger partial charge on any atom is -0.454 e. The summed E-state index contributed by atoms with van der Waals surface area (Å²) >= 11 is 0. The molecule has 0 aliphatic rings. The van der Waals surface area contributed by atoms with E-state index in [4.69, 9.17) is 8.83 Å². The number of anilines is 3. The van der Waals surface area contributed by atoms with E-state index in [0.717, 1.165) is 116 Å². The Labute approximate surface area is 383 Å². The second-order valence-electron chi connectivity index (χ2n) is 17.3. The number of furan rings is 2. The predicted molar refractivity (Wildman–Crippen MR) is 276 cm³/mol. The quantitative estimate of drug-likeness (QED) is 0.156. The zero-order valence-corrected chi connectivity index (χ0v) is 36.0. The average molecular weight is 861 g/mol. The van der Waals surface area contributed by atoms with Gasteiger partial charge in [-0.05, 0) is 111 Å². The van der Waals surface area contributed by atoms with Crippen LogP contribution in [-0.4, -0.2) is 4.57 Å². The van der Waals surface area contributed by atoms with E-state index in [2.05, 4.69) is 198 Å². The monoisotopic (exact) mass is 860 g/mol. The molecule has 0 aliphatic carbocycles. The summed E-state index contributed by atoms with van der Waals surface area (Å²) in [5, 5.41) is 11.0. The van der Waals surface area contributed by atoms with E-state index >= 15 is 0 Å². The van der Waals surface area contributed by atoms with Crippen LogP contribution in [0.1, 0.15) is 0 Å². The van der Waals surface area contributed by atoms with Gasteiger partial charge < -0.3 is 18.3 Å². The van der Waals surface area contributed by atoms with Crippen molar-refractivity contribution in [3.63, 3.8) is 0 Å². The van der Waals surface area contributed by atoms with Gasteiger partial charge in [-0.2, -0.15) is 0 Å². The molecule has 314 valence electrons. The average Bonchev–Trinajstić information content (AvgIpc) is 4.07. The Morgan fingerprint density at radius 3 is 1.81 bits per heavy atom. The van der Waals surface area contributed by atoms with Crippen LogP contribution >= 0.6 is 0 Å². The van der Waals surface area contributed by atoms with Gasteiger partial charge in [0, 0.05) is 43.4 Å². The molecule has 4 nitrogen and oxygen atoms in total. The first-order valence-corrected chi connectivity index (χ1v) is 22.6. The van der Waals surface area contributed by atoms with Crippen LogP contribution < -0.4 is 4.90 Å². The molecule has 14 aromatic rings. The van der Waals surface area contributed by atoms with Crippen molar-refractivity contribution >= 4 is 104 Å². The lowest BCUT2D eigenvalue weighted by atomic mass is 9.95. The third-order valence-corrected chi connectivity index (χ3v) is 13.6. The second-order valence-corrected chi connectivity index (χ2v) is 17.3. The summed E-state index contributed by atoms with van der Waals surface area (Å²) in [5.41, 5.74) is 13.1. The number of para-hydroxylation sites is 4. The van der Waals surface area contributed by atoms with Crippen LogP contribution in [0.15, 0.2) is 233 Å². The Hall–Kier alpha value is -8.93. The zero-order valence-electron chi connectivity index (χ0n) is 36.0. The summed E-state index contributed by atoms with van der Waals surface area (Å²) in [5.74, 6) is -0.276. The lowest BCUT2D eigenvalue weighted by molar-refractivity contribution is 0.628. The van der Waals surface area contributed by atoms with E-state index in [-0.39, 0.29) is 5.82 Å². The van der Waals surface area contributed by atoms with Crippen molar-refractivity contribution < 1.29 is 13.2 Å². The minimum absolute atomic E-state index is 0.276. The molecule has 0 saturated heterocycles. The van der Waals surface area contributed by atoms with Gasteiger partial charge in [-0.15, -0.1) is 0 Å². The molecule has 0 radical (unpaired) electrons. The Balaban J connectivity index is 1.05. The molecule has 0 saturated carbocycles. The molecule has 0 unspecified atom stereocenters. The van der Waals surface area contributed by atoms with Crippen LogP contribution in [0, 0.1) is 5.82 Å². The first kappa shape index (κ1) is 37.4. The van der Waals surface area contributed by atoms with Gasteiger partial charge in [0.05, 0.1) is 28.1 Å². The number of nitrogens with zero attached hydrogens (tertiary/aromatic N) is 2. The molecular formula is C62H37FN2O2. The highest BCUT2D eigenvalue weighted by Crippen LogP contribution is 2.50. The number of rotatable bonds is 6. The second kappa shape index (κ2) is 14.5. The highest BCUT2D eigenvalue weighted by molar-refractivity contribution is 6.23. The number of hydrogen-bond acceptors (Lipinski definition) is 3. The maximum atomic E-state index is 14.4. The smallest absolute Gasteiger partial charge is 0.159 e. The fourth-order valence-corrected chi connectivity index (χ4v) is 10.7. The summed E-state index contributed by atoms with van der Waals surface area (Å²) < 4.78 is 31.0. The van der Waals surface area contributed by atoms with Crippen LogP contribution in [-0.2, 0) is 0 Å². The summed E-state index contributed by atoms with van der Waals surface area (Å²) in [4.78, 5) is 2.32. The van der Waals surface area contributed by atoms with E-state index in [0.29, 0.717) is 0 Å². The topological polar surface area (TPSA) is 34.5 Å². The lowest BCUT2D eigenvalue weighted by Crippen LogP contribution is -2.11. The summed E-state index contributed by atoms with van der Waals surface area (Å²) in [7, 11) is 0. The largest absolute Gasteiger partial charge is 0.454 e. The van der Waals surface area contributed by atoms with Crippen molar-refractivity contribution in [1.29, 1.82) is 0 Å². The first-order valence-electron chi connectivity index (χ1n) is 22.6. The van der Waals surface area contributed by atoms with Gasteiger partial charge in [0.2, 0.25) is 0 Å². The van der Waals surface area contributed by atoms with Crippen molar-refractivity contribution in [3.8, 4) is 27.9 Å². The maximum Gasteiger partial charge on any atom is 0.159 e. The van der Waals surface area contributed by atoms with Gasteiger partial charge >= 0.3 is 0 Å². The van der Waals surface area contributed by atoms with Gasteiger partial charge in [0.1, 0.15) is 17.0 Å². The van der Waals surface area contributed by atoms with Crippen molar-refractivity contribution in [2.24, 2.45) is 0 Å². The molecule has 5 heteroatoms. The molecule has 3 heterocycles.